The summed E-state index contributed by atoms with van der Waals surface area (Å²) in [6.45, 7) is 13.4. The molecule has 1 aliphatic carbocycles. The zero-order chi connectivity index (χ0) is 32.6. The van der Waals surface area contributed by atoms with Crippen LogP contribution in [0.5, 0.6) is 0 Å². The molecule has 0 spiro atoms. The fourth-order valence-electron chi connectivity index (χ4n) is 5.82. The van der Waals surface area contributed by atoms with E-state index in [2.05, 4.69) is 83.3 Å². The van der Waals surface area contributed by atoms with E-state index in [1.165, 1.54) is 112 Å². The molecule has 1 aliphatic rings. The molecule has 0 heterocycles. The van der Waals surface area contributed by atoms with Crippen LogP contribution in [0.2, 0.25) is 0 Å². The highest BCUT2D eigenvalue weighted by atomic mass is 32.2. The monoisotopic (exact) mass is 627 g/mol. The molecule has 1 atom stereocenters. The molecule has 1 rings (SSSR count). The highest BCUT2D eigenvalue weighted by Gasteiger charge is 2.26. The molecular weight excluding hydrogens is 563 g/mol. The largest absolute Gasteiger partial charge is 0.480 e. The molecular formula is C39H65NO3S. The molecule has 0 aromatic carbocycles. The Labute approximate surface area is 275 Å². The molecule has 0 bridgehead atoms. The Bertz CT molecular complexity index is 985. The minimum absolute atomic E-state index is 0.148. The van der Waals surface area contributed by atoms with Crippen LogP contribution in [0, 0.1) is 5.41 Å². The van der Waals surface area contributed by atoms with E-state index in [-0.39, 0.29) is 11.3 Å². The first-order valence-corrected chi connectivity index (χ1v) is 18.7. The number of aliphatic carboxylic acids is 1. The van der Waals surface area contributed by atoms with Crippen LogP contribution in [-0.4, -0.2) is 34.5 Å². The number of nitrogens with one attached hydrogen (secondary N) is 1. The van der Waals surface area contributed by atoms with Crippen LogP contribution in [0.3, 0.4) is 0 Å². The number of hydrogen-bond donors (Lipinski definition) is 2. The van der Waals surface area contributed by atoms with Crippen LogP contribution in [0.15, 0.2) is 58.7 Å². The van der Waals surface area contributed by atoms with Gasteiger partial charge in [-0.2, -0.15) is 11.8 Å². The summed E-state index contributed by atoms with van der Waals surface area (Å²) in [6, 6.07) is -0.844. The third-order valence-corrected chi connectivity index (χ3v) is 9.69. The van der Waals surface area contributed by atoms with Crippen LogP contribution in [-0.2, 0) is 9.59 Å². The maximum Gasteiger partial charge on any atom is 0.327 e. The Kier molecular flexibility index (Phi) is 22.1. The van der Waals surface area contributed by atoms with Gasteiger partial charge in [0.2, 0.25) is 5.91 Å². The number of thioether (sulfide) groups is 1. The molecule has 0 radical (unpaired) electrons. The molecule has 4 nitrogen and oxygen atoms in total. The summed E-state index contributed by atoms with van der Waals surface area (Å²) in [5.74, 6) is -0.0407. The second-order valence-electron chi connectivity index (χ2n) is 13.5. The number of unbranched alkanes of at least 4 members (excludes halogenated alkanes) is 12. The standard InChI is InChI=1S/C39H65NO3S/c1-7-8-9-10-11-12-13-14-15-16-17-18-19-25-37(41)40-36(38(42)43)31-44-30-28-33(3)23-20-22-32(2)26-27-35-34(4)24-21-29-39(35,5)6/h20,22-23,26-28,36H,7-19,21,24-25,29-31H2,1-6H3,(H,40,41)(H,42,43)/t36-/m0/s1. The van der Waals surface area contributed by atoms with Crippen LogP contribution < -0.4 is 5.32 Å². The fourth-order valence-corrected chi connectivity index (χ4v) is 6.80. The van der Waals surface area contributed by atoms with Crippen LogP contribution in [0.1, 0.15) is 151 Å². The maximum absolute atomic E-state index is 12.3. The lowest BCUT2D eigenvalue weighted by Gasteiger charge is -2.32. The quantitative estimate of drug-likeness (QED) is 0.0825. The summed E-state index contributed by atoms with van der Waals surface area (Å²) >= 11 is 1.53. The maximum atomic E-state index is 12.3. The average molecular weight is 628 g/mol. The lowest BCUT2D eigenvalue weighted by molar-refractivity contribution is -0.141. The number of amides is 1. The highest BCUT2D eigenvalue weighted by molar-refractivity contribution is 7.99. The fraction of sp³-hybridized carbons (Fsp3) is 0.692. The van der Waals surface area contributed by atoms with Crippen molar-refractivity contribution in [1.82, 2.24) is 5.32 Å². The van der Waals surface area contributed by atoms with E-state index in [1.807, 2.05) is 0 Å². The van der Waals surface area contributed by atoms with Crippen LogP contribution in [0.4, 0.5) is 0 Å². The predicted molar refractivity (Wildman–Crippen MR) is 193 cm³/mol. The van der Waals surface area contributed by atoms with E-state index >= 15 is 0 Å². The lowest BCUT2D eigenvalue weighted by atomic mass is 9.72. The first kappa shape index (κ1) is 40.0. The lowest BCUT2D eigenvalue weighted by Crippen LogP contribution is -2.42. The highest BCUT2D eigenvalue weighted by Crippen LogP contribution is 2.40. The molecule has 0 aromatic heterocycles. The average Bonchev–Trinajstić information content (AvgIpc) is 2.96. The van der Waals surface area contributed by atoms with Crippen molar-refractivity contribution >= 4 is 23.6 Å². The first-order valence-electron chi connectivity index (χ1n) is 17.6. The minimum Gasteiger partial charge on any atom is -0.480 e. The van der Waals surface area contributed by atoms with Gasteiger partial charge >= 0.3 is 5.97 Å². The molecule has 0 unspecified atom stereocenters. The van der Waals surface area contributed by atoms with Crippen molar-refractivity contribution in [2.75, 3.05) is 11.5 Å². The molecule has 5 heteroatoms. The normalized spacial score (nSPS) is 16.7. The Morgan fingerprint density at radius 2 is 1.50 bits per heavy atom. The van der Waals surface area contributed by atoms with Crippen molar-refractivity contribution in [1.29, 1.82) is 0 Å². The predicted octanol–water partition coefficient (Wildman–Crippen LogP) is 11.3. The SMILES string of the molecule is CCCCCCCCCCCCCCCC(=O)N[C@@H](CSCC=C(C)C=CC=C(C)C=CC1=C(C)CCCC1(C)C)C(=O)O. The number of hydrogen-bond acceptors (Lipinski definition) is 3. The number of rotatable bonds is 24. The van der Waals surface area contributed by atoms with Gasteiger partial charge in [0.1, 0.15) is 6.04 Å². The Hall–Kier alpha value is -2.01. The van der Waals surface area contributed by atoms with Crippen molar-refractivity contribution in [2.45, 2.75) is 157 Å². The van der Waals surface area contributed by atoms with Gasteiger partial charge in [0.25, 0.3) is 0 Å². The van der Waals surface area contributed by atoms with Crippen molar-refractivity contribution in [2.24, 2.45) is 5.41 Å². The van der Waals surface area contributed by atoms with E-state index < -0.39 is 12.0 Å². The summed E-state index contributed by atoms with van der Waals surface area (Å²) in [7, 11) is 0. The summed E-state index contributed by atoms with van der Waals surface area (Å²) in [6.07, 6.45) is 33.4. The number of allylic oxidation sites excluding steroid dienone is 9. The van der Waals surface area contributed by atoms with Crippen molar-refractivity contribution in [3.63, 3.8) is 0 Å². The second-order valence-corrected chi connectivity index (χ2v) is 14.5. The molecule has 250 valence electrons. The zero-order valence-electron chi connectivity index (χ0n) is 29.1. The van der Waals surface area contributed by atoms with Crippen molar-refractivity contribution < 1.29 is 14.7 Å². The Morgan fingerprint density at radius 3 is 2.07 bits per heavy atom. The molecule has 0 saturated heterocycles. The third kappa shape index (κ3) is 19.4. The van der Waals surface area contributed by atoms with Gasteiger partial charge in [0.05, 0.1) is 0 Å². The van der Waals surface area contributed by atoms with Gasteiger partial charge in [-0.1, -0.05) is 151 Å². The third-order valence-electron chi connectivity index (χ3n) is 8.72. The van der Waals surface area contributed by atoms with Crippen LogP contribution >= 0.6 is 11.8 Å². The van der Waals surface area contributed by atoms with E-state index in [0.717, 1.165) is 24.8 Å². The summed E-state index contributed by atoms with van der Waals surface area (Å²) in [5, 5.41) is 12.3. The summed E-state index contributed by atoms with van der Waals surface area (Å²) < 4.78 is 0. The minimum atomic E-state index is -0.965. The smallest absolute Gasteiger partial charge is 0.327 e. The number of carboxylic acids is 1. The van der Waals surface area contributed by atoms with Gasteiger partial charge in [-0.05, 0) is 57.4 Å². The summed E-state index contributed by atoms with van der Waals surface area (Å²) in [4.78, 5) is 24.0. The number of carboxylic acid groups (broad SMARTS) is 1. The van der Waals surface area contributed by atoms with E-state index in [9.17, 15) is 14.7 Å². The molecule has 0 saturated carbocycles. The zero-order valence-corrected chi connectivity index (χ0v) is 30.0. The first-order chi connectivity index (χ1) is 21.1. The van der Waals surface area contributed by atoms with Gasteiger partial charge in [0, 0.05) is 17.9 Å². The van der Waals surface area contributed by atoms with E-state index in [1.54, 1.807) is 0 Å². The molecule has 0 aromatic rings. The van der Waals surface area contributed by atoms with Crippen molar-refractivity contribution in [3.8, 4) is 0 Å². The molecule has 2 N–H and O–H groups in total. The topological polar surface area (TPSA) is 66.4 Å². The Balaban J connectivity index is 2.25. The van der Waals surface area contributed by atoms with Gasteiger partial charge < -0.3 is 10.4 Å². The van der Waals surface area contributed by atoms with Gasteiger partial charge in [-0.25, -0.2) is 4.79 Å². The molecule has 0 aliphatic heterocycles. The Morgan fingerprint density at radius 1 is 0.909 bits per heavy atom. The van der Waals surface area contributed by atoms with E-state index in [4.69, 9.17) is 0 Å². The molecule has 44 heavy (non-hydrogen) atoms. The van der Waals surface area contributed by atoms with E-state index in [0.29, 0.717) is 17.9 Å². The van der Waals surface area contributed by atoms with Gasteiger partial charge in [-0.3, -0.25) is 4.79 Å². The van der Waals surface area contributed by atoms with Gasteiger partial charge in [0.15, 0.2) is 0 Å². The van der Waals surface area contributed by atoms with Crippen LogP contribution in [0.25, 0.3) is 0 Å². The second kappa shape index (κ2) is 24.3. The summed E-state index contributed by atoms with van der Waals surface area (Å²) in [5.41, 5.74) is 5.58. The van der Waals surface area contributed by atoms with Gasteiger partial charge in [-0.15, -0.1) is 0 Å². The van der Waals surface area contributed by atoms with Crippen molar-refractivity contribution in [3.05, 3.63) is 58.7 Å². The number of carbonyl (C=O) groups is 2. The molecule has 0 fully saturated rings. The number of carbonyl (C=O) groups excluding carboxylic acids is 1. The molecule has 1 amide bonds.